The van der Waals surface area contributed by atoms with E-state index in [1.807, 2.05) is 0 Å². The lowest BCUT2D eigenvalue weighted by Gasteiger charge is -2.20. The first-order valence-corrected chi connectivity index (χ1v) is 23.8. The quantitative estimate of drug-likeness (QED) is 0.0272. The normalized spacial score (nSPS) is 13.7. The summed E-state index contributed by atoms with van der Waals surface area (Å²) in [5, 5.41) is 0. The molecule has 2 atom stereocenters. The lowest BCUT2D eigenvalue weighted by atomic mass is 10.0. The SMILES string of the molecule is CCCC/C=C\C/C=C\CCCCCCCCOCC(COP(=O)(O)OCCN)OC(=O)CCCCCCCCCCCCCCCCCCCCC. The summed E-state index contributed by atoms with van der Waals surface area (Å²) in [6, 6.07) is 0. The van der Waals surface area contributed by atoms with Crippen molar-refractivity contribution >= 4 is 13.8 Å². The van der Waals surface area contributed by atoms with Gasteiger partial charge in [0.05, 0.1) is 19.8 Å². The Morgan fingerprint density at radius 3 is 1.53 bits per heavy atom. The summed E-state index contributed by atoms with van der Waals surface area (Å²) in [5.74, 6) is -0.330. The Kier molecular flexibility index (Phi) is 41.3. The Morgan fingerprint density at radius 2 is 1.02 bits per heavy atom. The third-order valence-corrected chi connectivity index (χ3v) is 10.6. The maximum absolute atomic E-state index is 12.6. The summed E-state index contributed by atoms with van der Waals surface area (Å²) in [6.45, 7) is 4.89. The van der Waals surface area contributed by atoms with Crippen LogP contribution in [0.2, 0.25) is 0 Å². The minimum Gasteiger partial charge on any atom is -0.457 e. The van der Waals surface area contributed by atoms with Crippen LogP contribution in [0.3, 0.4) is 0 Å². The molecule has 0 aliphatic heterocycles. The highest BCUT2D eigenvalue weighted by Gasteiger charge is 2.25. The number of carbonyl (C=O) groups excluding carboxylic acids is 1. The van der Waals surface area contributed by atoms with E-state index in [1.165, 1.54) is 148 Å². The number of ether oxygens (including phenoxy) is 2. The van der Waals surface area contributed by atoms with Crippen molar-refractivity contribution < 1.29 is 32.8 Å². The van der Waals surface area contributed by atoms with E-state index in [-0.39, 0.29) is 32.3 Å². The molecule has 0 aromatic rings. The second-order valence-corrected chi connectivity index (χ2v) is 16.4. The standard InChI is InChI=1S/C44H86NO7P/c1-3-5-7-9-11-13-15-17-19-20-21-22-23-25-27-29-31-33-35-37-44(46)52-43(42-51-53(47,48)50-40-38-45)41-49-39-36-34-32-30-28-26-24-18-16-14-12-10-8-6-4-2/h10,12,16,18,43H,3-9,11,13-15,17,19-42,45H2,1-2H3,(H,47,48)/b12-10-,18-16-. The van der Waals surface area contributed by atoms with Crippen LogP contribution >= 0.6 is 7.82 Å². The molecule has 2 unspecified atom stereocenters. The van der Waals surface area contributed by atoms with Crippen molar-refractivity contribution in [2.45, 2.75) is 219 Å². The lowest BCUT2D eigenvalue weighted by Crippen LogP contribution is -2.28. The van der Waals surface area contributed by atoms with Gasteiger partial charge in [-0.2, -0.15) is 0 Å². The van der Waals surface area contributed by atoms with Gasteiger partial charge in [-0.25, -0.2) is 4.57 Å². The van der Waals surface area contributed by atoms with E-state index in [0.29, 0.717) is 13.0 Å². The first-order valence-electron chi connectivity index (χ1n) is 22.3. The largest absolute Gasteiger partial charge is 0.472 e. The minimum atomic E-state index is -4.28. The molecule has 0 amide bonds. The fourth-order valence-electron chi connectivity index (χ4n) is 6.31. The molecule has 0 saturated carbocycles. The van der Waals surface area contributed by atoms with E-state index in [4.69, 9.17) is 24.3 Å². The third-order valence-electron chi connectivity index (χ3n) is 9.62. The van der Waals surface area contributed by atoms with Crippen LogP contribution in [0.5, 0.6) is 0 Å². The molecule has 0 aliphatic rings. The van der Waals surface area contributed by atoms with E-state index >= 15 is 0 Å². The molecule has 0 fully saturated rings. The molecule has 0 bridgehead atoms. The first kappa shape index (κ1) is 52.0. The van der Waals surface area contributed by atoms with Gasteiger partial charge in [0.2, 0.25) is 0 Å². The van der Waals surface area contributed by atoms with Gasteiger partial charge < -0.3 is 20.1 Å². The van der Waals surface area contributed by atoms with E-state index in [2.05, 4.69) is 38.2 Å². The molecule has 0 rings (SSSR count). The molecule has 0 spiro atoms. The zero-order valence-electron chi connectivity index (χ0n) is 34.8. The van der Waals surface area contributed by atoms with Crippen LogP contribution in [0.15, 0.2) is 24.3 Å². The van der Waals surface area contributed by atoms with Gasteiger partial charge in [0.15, 0.2) is 0 Å². The summed E-state index contributed by atoms with van der Waals surface area (Å²) in [6.07, 6.45) is 46.2. The minimum absolute atomic E-state index is 0.0956. The molecule has 8 nitrogen and oxygen atoms in total. The number of allylic oxidation sites excluding steroid dienone is 4. The molecular formula is C44H86NO7P. The number of hydrogen-bond donors (Lipinski definition) is 2. The Balaban J connectivity index is 3.99. The van der Waals surface area contributed by atoms with Crippen molar-refractivity contribution in [2.24, 2.45) is 5.73 Å². The van der Waals surface area contributed by atoms with Crippen molar-refractivity contribution in [1.82, 2.24) is 0 Å². The molecule has 0 radical (unpaired) electrons. The van der Waals surface area contributed by atoms with Crippen LogP contribution in [0.1, 0.15) is 213 Å². The molecule has 0 aromatic heterocycles. The summed E-state index contributed by atoms with van der Waals surface area (Å²) >= 11 is 0. The molecule has 0 heterocycles. The zero-order chi connectivity index (χ0) is 38.8. The number of hydrogen-bond acceptors (Lipinski definition) is 7. The average molecular weight is 772 g/mol. The number of phosphoric ester groups is 1. The van der Waals surface area contributed by atoms with Crippen LogP contribution in [0.4, 0.5) is 0 Å². The Labute approximate surface area is 327 Å². The summed E-state index contributed by atoms with van der Waals surface area (Å²) in [5.41, 5.74) is 5.37. The zero-order valence-corrected chi connectivity index (χ0v) is 35.7. The first-order chi connectivity index (χ1) is 25.9. The van der Waals surface area contributed by atoms with Gasteiger partial charge in [-0.1, -0.05) is 192 Å². The predicted molar refractivity (Wildman–Crippen MR) is 224 cm³/mol. The van der Waals surface area contributed by atoms with Crippen LogP contribution in [-0.4, -0.2) is 49.9 Å². The summed E-state index contributed by atoms with van der Waals surface area (Å²) in [7, 11) is -4.28. The number of carbonyl (C=O) groups is 1. The van der Waals surface area contributed by atoms with Gasteiger partial charge in [-0.05, 0) is 38.5 Å². The monoisotopic (exact) mass is 772 g/mol. The maximum atomic E-state index is 12.6. The lowest BCUT2D eigenvalue weighted by molar-refractivity contribution is -0.154. The second kappa shape index (κ2) is 42.1. The number of phosphoric acid groups is 1. The van der Waals surface area contributed by atoms with Gasteiger partial charge in [0, 0.05) is 19.6 Å². The van der Waals surface area contributed by atoms with Crippen molar-refractivity contribution in [2.75, 3.05) is 33.0 Å². The van der Waals surface area contributed by atoms with E-state index < -0.39 is 13.9 Å². The molecule has 3 N–H and O–H groups in total. The second-order valence-electron chi connectivity index (χ2n) is 14.9. The molecule has 9 heteroatoms. The Bertz CT molecular complexity index is 869. The highest BCUT2D eigenvalue weighted by atomic mass is 31.2. The van der Waals surface area contributed by atoms with Crippen LogP contribution in [0.25, 0.3) is 0 Å². The maximum Gasteiger partial charge on any atom is 0.472 e. The van der Waals surface area contributed by atoms with Crippen molar-refractivity contribution in [3.05, 3.63) is 24.3 Å². The Hall–Kier alpha value is -1.02. The number of esters is 1. The van der Waals surface area contributed by atoms with Crippen LogP contribution in [-0.2, 0) is 27.9 Å². The van der Waals surface area contributed by atoms with Crippen molar-refractivity contribution in [3.63, 3.8) is 0 Å². The van der Waals surface area contributed by atoms with Gasteiger partial charge in [-0.3, -0.25) is 13.8 Å². The Morgan fingerprint density at radius 1 is 0.566 bits per heavy atom. The van der Waals surface area contributed by atoms with E-state index in [9.17, 15) is 14.3 Å². The van der Waals surface area contributed by atoms with Gasteiger partial charge in [-0.15, -0.1) is 0 Å². The van der Waals surface area contributed by atoms with Gasteiger partial charge in [0.1, 0.15) is 6.10 Å². The molecule has 314 valence electrons. The fourth-order valence-corrected chi connectivity index (χ4v) is 7.07. The molecule has 53 heavy (non-hydrogen) atoms. The van der Waals surface area contributed by atoms with Gasteiger partial charge >= 0.3 is 13.8 Å². The number of nitrogens with two attached hydrogens (primary N) is 1. The smallest absolute Gasteiger partial charge is 0.457 e. The molecule has 0 aromatic carbocycles. The molecular weight excluding hydrogens is 685 g/mol. The van der Waals surface area contributed by atoms with Gasteiger partial charge in [0.25, 0.3) is 0 Å². The number of rotatable bonds is 43. The number of unbranched alkanes of at least 4 members (excludes halogenated alkanes) is 26. The predicted octanol–water partition coefficient (Wildman–Crippen LogP) is 13.3. The third kappa shape index (κ3) is 42.0. The highest BCUT2D eigenvalue weighted by molar-refractivity contribution is 7.47. The van der Waals surface area contributed by atoms with Crippen molar-refractivity contribution in [3.8, 4) is 0 Å². The molecule has 0 aliphatic carbocycles. The fraction of sp³-hybridized carbons (Fsp3) is 0.886. The molecule has 0 saturated heterocycles. The van der Waals surface area contributed by atoms with Crippen molar-refractivity contribution in [1.29, 1.82) is 0 Å². The van der Waals surface area contributed by atoms with E-state index in [1.54, 1.807) is 0 Å². The average Bonchev–Trinajstić information content (AvgIpc) is 3.15. The van der Waals surface area contributed by atoms with Crippen LogP contribution in [0, 0.1) is 0 Å². The topological polar surface area (TPSA) is 117 Å². The highest BCUT2D eigenvalue weighted by Crippen LogP contribution is 2.43. The van der Waals surface area contributed by atoms with E-state index in [0.717, 1.165) is 44.9 Å². The summed E-state index contributed by atoms with van der Waals surface area (Å²) < 4.78 is 33.4. The van der Waals surface area contributed by atoms with Crippen LogP contribution < -0.4 is 5.73 Å². The summed E-state index contributed by atoms with van der Waals surface area (Å²) in [4.78, 5) is 22.5.